The molecule has 0 saturated carbocycles. The van der Waals surface area contributed by atoms with Crippen molar-refractivity contribution in [3.05, 3.63) is 76.0 Å². The quantitative estimate of drug-likeness (QED) is 0.585. The fraction of sp³-hybridized carbons (Fsp3) is 0.261. The molecule has 3 rings (SSSR count). The zero-order chi connectivity index (χ0) is 21.5. The van der Waals surface area contributed by atoms with E-state index >= 15 is 0 Å². The SMILES string of the molecule is CCOc1ccc(Oc2ccc(NC(=O)CCc3c(C)nc(C)[nH]c3=O)cc2)cc1. The van der Waals surface area contributed by atoms with Crippen molar-refractivity contribution in [3.8, 4) is 17.2 Å². The molecule has 0 spiro atoms. The van der Waals surface area contributed by atoms with Gasteiger partial charge in [-0.3, -0.25) is 9.59 Å². The molecule has 0 unspecified atom stereocenters. The molecule has 0 aliphatic rings. The Balaban J connectivity index is 1.53. The van der Waals surface area contributed by atoms with Crippen molar-refractivity contribution in [2.45, 2.75) is 33.6 Å². The van der Waals surface area contributed by atoms with Crippen molar-refractivity contribution in [2.75, 3.05) is 11.9 Å². The first-order valence-electron chi connectivity index (χ1n) is 9.81. The Hall–Kier alpha value is -3.61. The molecule has 156 valence electrons. The van der Waals surface area contributed by atoms with E-state index in [1.54, 1.807) is 38.1 Å². The van der Waals surface area contributed by atoms with E-state index in [0.29, 0.717) is 47.3 Å². The van der Waals surface area contributed by atoms with E-state index in [4.69, 9.17) is 9.47 Å². The van der Waals surface area contributed by atoms with E-state index in [1.165, 1.54) is 0 Å². The van der Waals surface area contributed by atoms with Gasteiger partial charge in [-0.2, -0.15) is 0 Å². The molecule has 0 radical (unpaired) electrons. The lowest BCUT2D eigenvalue weighted by Crippen LogP contribution is -2.20. The minimum absolute atomic E-state index is 0.172. The second-order valence-corrected chi connectivity index (χ2v) is 6.79. The van der Waals surface area contributed by atoms with Crippen molar-refractivity contribution >= 4 is 11.6 Å². The highest BCUT2D eigenvalue weighted by Crippen LogP contribution is 2.25. The molecule has 7 heteroatoms. The lowest BCUT2D eigenvalue weighted by atomic mass is 10.1. The molecule has 0 fully saturated rings. The summed E-state index contributed by atoms with van der Waals surface area (Å²) in [4.78, 5) is 31.2. The highest BCUT2D eigenvalue weighted by molar-refractivity contribution is 5.90. The topological polar surface area (TPSA) is 93.3 Å². The molecule has 0 aliphatic carbocycles. The van der Waals surface area contributed by atoms with Gasteiger partial charge >= 0.3 is 0 Å². The first-order chi connectivity index (χ1) is 14.4. The molecule has 2 N–H and O–H groups in total. The van der Waals surface area contributed by atoms with Crippen LogP contribution in [0.5, 0.6) is 17.2 Å². The minimum atomic E-state index is -0.191. The van der Waals surface area contributed by atoms with E-state index in [9.17, 15) is 9.59 Å². The largest absolute Gasteiger partial charge is 0.494 e. The van der Waals surface area contributed by atoms with Crippen molar-refractivity contribution in [3.63, 3.8) is 0 Å². The van der Waals surface area contributed by atoms with Crippen LogP contribution in [0, 0.1) is 13.8 Å². The molecule has 1 heterocycles. The Morgan fingerprint density at radius 2 is 1.60 bits per heavy atom. The number of carbonyl (C=O) groups excluding carboxylic acids is 1. The fourth-order valence-electron chi connectivity index (χ4n) is 3.02. The van der Waals surface area contributed by atoms with E-state index in [0.717, 1.165) is 5.75 Å². The minimum Gasteiger partial charge on any atom is -0.494 e. The van der Waals surface area contributed by atoms with Crippen LogP contribution in [-0.2, 0) is 11.2 Å². The number of anilines is 1. The van der Waals surface area contributed by atoms with Crippen LogP contribution >= 0.6 is 0 Å². The number of benzene rings is 2. The second kappa shape index (κ2) is 9.73. The number of carbonyl (C=O) groups is 1. The summed E-state index contributed by atoms with van der Waals surface area (Å²) in [5.74, 6) is 2.54. The Bertz CT molecular complexity index is 1060. The average Bonchev–Trinajstić information content (AvgIpc) is 2.70. The van der Waals surface area contributed by atoms with Gasteiger partial charge in [0.05, 0.1) is 6.61 Å². The lowest BCUT2D eigenvalue weighted by molar-refractivity contribution is -0.116. The first kappa shape index (κ1) is 21.1. The third kappa shape index (κ3) is 5.70. The van der Waals surface area contributed by atoms with Crippen LogP contribution in [0.2, 0.25) is 0 Å². The van der Waals surface area contributed by atoms with Crippen molar-refractivity contribution in [1.82, 2.24) is 9.97 Å². The van der Waals surface area contributed by atoms with E-state index in [1.807, 2.05) is 31.2 Å². The van der Waals surface area contributed by atoms with Crippen molar-refractivity contribution < 1.29 is 14.3 Å². The molecule has 0 bridgehead atoms. The Morgan fingerprint density at radius 1 is 1.00 bits per heavy atom. The number of aryl methyl sites for hydroxylation is 2. The summed E-state index contributed by atoms with van der Waals surface area (Å²) in [5.41, 5.74) is 1.66. The summed E-state index contributed by atoms with van der Waals surface area (Å²) < 4.78 is 11.2. The summed E-state index contributed by atoms with van der Waals surface area (Å²) in [5, 5.41) is 2.83. The predicted molar refractivity (Wildman–Crippen MR) is 115 cm³/mol. The van der Waals surface area contributed by atoms with Gasteiger partial charge in [-0.15, -0.1) is 0 Å². The summed E-state index contributed by atoms with van der Waals surface area (Å²) in [6.45, 7) is 6.06. The molecule has 0 aliphatic heterocycles. The molecule has 2 aromatic carbocycles. The van der Waals surface area contributed by atoms with Gasteiger partial charge in [0, 0.05) is 23.4 Å². The monoisotopic (exact) mass is 407 g/mol. The molecule has 0 saturated heterocycles. The molecular formula is C23H25N3O4. The Morgan fingerprint density at radius 3 is 2.20 bits per heavy atom. The maximum absolute atomic E-state index is 12.2. The number of amides is 1. The number of rotatable bonds is 8. The molecule has 1 amide bonds. The highest BCUT2D eigenvalue weighted by atomic mass is 16.5. The zero-order valence-electron chi connectivity index (χ0n) is 17.3. The molecule has 1 aromatic heterocycles. The summed E-state index contributed by atoms with van der Waals surface area (Å²) >= 11 is 0. The molecule has 30 heavy (non-hydrogen) atoms. The number of nitrogens with one attached hydrogen (secondary N) is 2. The molecule has 7 nitrogen and oxygen atoms in total. The number of nitrogens with zero attached hydrogens (tertiary/aromatic N) is 1. The average molecular weight is 407 g/mol. The fourth-order valence-corrected chi connectivity index (χ4v) is 3.02. The van der Waals surface area contributed by atoms with E-state index in [2.05, 4.69) is 15.3 Å². The van der Waals surface area contributed by atoms with Crippen LogP contribution in [0.15, 0.2) is 53.3 Å². The number of aromatic nitrogens is 2. The van der Waals surface area contributed by atoms with Gasteiger partial charge in [0.2, 0.25) is 5.91 Å². The van der Waals surface area contributed by atoms with Crippen LogP contribution in [0.3, 0.4) is 0 Å². The van der Waals surface area contributed by atoms with E-state index < -0.39 is 0 Å². The zero-order valence-corrected chi connectivity index (χ0v) is 17.3. The highest BCUT2D eigenvalue weighted by Gasteiger charge is 2.10. The molecular weight excluding hydrogens is 382 g/mol. The summed E-state index contributed by atoms with van der Waals surface area (Å²) in [6, 6.07) is 14.5. The molecule has 3 aromatic rings. The van der Waals surface area contributed by atoms with Crippen molar-refractivity contribution in [1.29, 1.82) is 0 Å². The third-order valence-corrected chi connectivity index (χ3v) is 4.45. The van der Waals surface area contributed by atoms with Crippen LogP contribution in [0.1, 0.15) is 30.4 Å². The smallest absolute Gasteiger partial charge is 0.254 e. The summed E-state index contributed by atoms with van der Waals surface area (Å²) in [7, 11) is 0. The van der Waals surface area contributed by atoms with Crippen molar-refractivity contribution in [2.24, 2.45) is 0 Å². The number of aromatic amines is 1. The van der Waals surface area contributed by atoms with Crippen LogP contribution in [0.4, 0.5) is 5.69 Å². The van der Waals surface area contributed by atoms with Gasteiger partial charge in [-0.25, -0.2) is 4.98 Å². The standard InChI is InChI=1S/C23H25N3O4/c1-4-29-18-9-11-20(12-10-18)30-19-7-5-17(6-8-19)26-22(27)14-13-21-15(2)24-16(3)25-23(21)28/h5-12H,4,13-14H2,1-3H3,(H,26,27)(H,24,25,28). The maximum Gasteiger partial charge on any atom is 0.254 e. The van der Waals surface area contributed by atoms with Gasteiger partial charge in [-0.1, -0.05) is 0 Å². The maximum atomic E-state index is 12.2. The lowest BCUT2D eigenvalue weighted by Gasteiger charge is -2.09. The van der Waals surface area contributed by atoms with Gasteiger partial charge in [-0.05, 0) is 75.7 Å². The van der Waals surface area contributed by atoms with Gasteiger partial charge < -0.3 is 19.8 Å². The van der Waals surface area contributed by atoms with Gasteiger partial charge in [0.15, 0.2) is 0 Å². The number of ether oxygens (including phenoxy) is 2. The first-order valence-corrected chi connectivity index (χ1v) is 9.81. The van der Waals surface area contributed by atoms with Crippen LogP contribution in [0.25, 0.3) is 0 Å². The van der Waals surface area contributed by atoms with Gasteiger partial charge in [0.25, 0.3) is 5.56 Å². The summed E-state index contributed by atoms with van der Waals surface area (Å²) in [6.07, 6.45) is 0.526. The normalized spacial score (nSPS) is 10.5. The number of hydrogen-bond acceptors (Lipinski definition) is 5. The van der Waals surface area contributed by atoms with Gasteiger partial charge in [0.1, 0.15) is 23.1 Å². The number of H-pyrrole nitrogens is 1. The van der Waals surface area contributed by atoms with E-state index in [-0.39, 0.29) is 17.9 Å². The Kier molecular flexibility index (Phi) is 6.85. The third-order valence-electron chi connectivity index (χ3n) is 4.45. The van der Waals surface area contributed by atoms with Crippen LogP contribution < -0.4 is 20.3 Å². The van der Waals surface area contributed by atoms with Crippen LogP contribution in [-0.4, -0.2) is 22.5 Å². The predicted octanol–water partition coefficient (Wildman–Crippen LogP) is 4.15. The second-order valence-electron chi connectivity index (χ2n) is 6.79. The number of hydrogen-bond donors (Lipinski definition) is 2. The Labute approximate surface area is 175 Å². The molecule has 0 atom stereocenters.